The number of hydrogen-bond acceptors (Lipinski definition) is 5. The van der Waals surface area contributed by atoms with Gasteiger partial charge in [0.25, 0.3) is 11.6 Å². The summed E-state index contributed by atoms with van der Waals surface area (Å²) in [4.78, 5) is 33.5. The number of ether oxygens (including phenoxy) is 1. The molecule has 0 fully saturated rings. The summed E-state index contributed by atoms with van der Waals surface area (Å²) in [6.45, 7) is 0.0357. The molecule has 0 saturated heterocycles. The van der Waals surface area contributed by atoms with Gasteiger partial charge in [0.05, 0.1) is 4.92 Å². The zero-order valence-corrected chi connectivity index (χ0v) is 11.9. The van der Waals surface area contributed by atoms with Crippen LogP contribution in [0.5, 0.6) is 0 Å². The first kappa shape index (κ1) is 16.0. The molecule has 8 nitrogen and oxygen atoms in total. The summed E-state index contributed by atoms with van der Waals surface area (Å²) >= 11 is 0. The third kappa shape index (κ3) is 4.53. The lowest BCUT2D eigenvalue weighted by Crippen LogP contribution is -2.42. The highest BCUT2D eigenvalue weighted by molar-refractivity contribution is 5.98. The van der Waals surface area contributed by atoms with Gasteiger partial charge in [0.15, 0.2) is 0 Å². The first-order valence-electron chi connectivity index (χ1n) is 6.58. The number of nitro groups is 1. The third-order valence-corrected chi connectivity index (χ3v) is 2.84. The Morgan fingerprint density at radius 2 is 1.65 bits per heavy atom. The lowest BCUT2D eigenvalue weighted by Gasteiger charge is -2.08. The van der Waals surface area contributed by atoms with Gasteiger partial charge in [-0.05, 0) is 11.6 Å². The molecule has 0 heterocycles. The molecule has 8 heteroatoms. The molecule has 23 heavy (non-hydrogen) atoms. The van der Waals surface area contributed by atoms with Crippen LogP contribution in [0.25, 0.3) is 0 Å². The Labute approximate surface area is 131 Å². The van der Waals surface area contributed by atoms with Crippen LogP contribution in [0.2, 0.25) is 0 Å². The first-order valence-corrected chi connectivity index (χ1v) is 6.58. The Hall–Kier alpha value is -3.42. The molecule has 2 rings (SSSR count). The lowest BCUT2D eigenvalue weighted by atomic mass is 10.2. The van der Waals surface area contributed by atoms with Crippen LogP contribution in [0.3, 0.4) is 0 Å². The molecule has 0 aliphatic rings. The molecule has 0 unspecified atom stereocenters. The van der Waals surface area contributed by atoms with E-state index in [-0.39, 0.29) is 17.9 Å². The standard InChI is InChI=1S/C15H13N3O5/c19-14(12-8-4-5-9-13(12)18(21)22)16-17-15(20)23-10-11-6-2-1-3-7-11/h1-9H,10H2,(H,16,19)(H,17,20). The summed E-state index contributed by atoms with van der Waals surface area (Å²) in [6, 6.07) is 14.4. The minimum absolute atomic E-state index is 0.0357. The van der Waals surface area contributed by atoms with Crippen molar-refractivity contribution >= 4 is 17.7 Å². The van der Waals surface area contributed by atoms with Gasteiger partial charge in [-0.1, -0.05) is 42.5 Å². The van der Waals surface area contributed by atoms with E-state index in [0.717, 1.165) is 5.56 Å². The molecule has 0 atom stereocenters. The number of nitrogens with one attached hydrogen (secondary N) is 2. The molecule has 2 aromatic rings. The number of rotatable bonds is 4. The molecular weight excluding hydrogens is 302 g/mol. The van der Waals surface area contributed by atoms with Crippen LogP contribution < -0.4 is 10.9 Å². The second-order valence-corrected chi connectivity index (χ2v) is 4.42. The summed E-state index contributed by atoms with van der Waals surface area (Å²) in [7, 11) is 0. The van der Waals surface area contributed by atoms with Crippen LogP contribution >= 0.6 is 0 Å². The van der Waals surface area contributed by atoms with Gasteiger partial charge in [0, 0.05) is 6.07 Å². The lowest BCUT2D eigenvalue weighted by molar-refractivity contribution is -0.385. The van der Waals surface area contributed by atoms with Gasteiger partial charge in [-0.25, -0.2) is 10.2 Å². The molecule has 0 aromatic heterocycles. The van der Waals surface area contributed by atoms with Crippen molar-refractivity contribution in [2.75, 3.05) is 0 Å². The van der Waals surface area contributed by atoms with Crippen LogP contribution in [0.4, 0.5) is 10.5 Å². The summed E-state index contributed by atoms with van der Waals surface area (Å²) < 4.78 is 4.89. The van der Waals surface area contributed by atoms with E-state index in [4.69, 9.17) is 4.74 Å². The van der Waals surface area contributed by atoms with Crippen molar-refractivity contribution in [3.63, 3.8) is 0 Å². The van der Waals surface area contributed by atoms with Gasteiger partial charge in [-0.2, -0.15) is 0 Å². The number of amides is 2. The number of benzene rings is 2. The molecule has 118 valence electrons. The van der Waals surface area contributed by atoms with E-state index in [2.05, 4.69) is 5.43 Å². The van der Waals surface area contributed by atoms with Crippen molar-refractivity contribution in [3.05, 3.63) is 75.8 Å². The van der Waals surface area contributed by atoms with Gasteiger partial charge >= 0.3 is 6.09 Å². The van der Waals surface area contributed by atoms with Crippen LogP contribution in [0.15, 0.2) is 54.6 Å². The van der Waals surface area contributed by atoms with Crippen molar-refractivity contribution in [1.82, 2.24) is 10.9 Å². The Morgan fingerprint density at radius 3 is 2.35 bits per heavy atom. The van der Waals surface area contributed by atoms with Gasteiger partial charge in [0.1, 0.15) is 12.2 Å². The zero-order chi connectivity index (χ0) is 16.7. The van der Waals surface area contributed by atoms with E-state index in [0.29, 0.717) is 0 Å². The molecule has 2 N–H and O–H groups in total. The van der Waals surface area contributed by atoms with Crippen molar-refractivity contribution in [2.45, 2.75) is 6.61 Å². The SMILES string of the molecule is O=C(NNC(=O)c1ccccc1[N+](=O)[O-])OCc1ccccc1. The second-order valence-electron chi connectivity index (χ2n) is 4.42. The van der Waals surface area contributed by atoms with Gasteiger partial charge in [-0.15, -0.1) is 0 Å². The van der Waals surface area contributed by atoms with Gasteiger partial charge < -0.3 is 4.74 Å². The van der Waals surface area contributed by atoms with E-state index in [9.17, 15) is 19.7 Å². The Morgan fingerprint density at radius 1 is 1.00 bits per heavy atom. The van der Waals surface area contributed by atoms with E-state index >= 15 is 0 Å². The fourth-order valence-corrected chi connectivity index (χ4v) is 1.76. The van der Waals surface area contributed by atoms with Crippen LogP contribution in [-0.4, -0.2) is 16.9 Å². The number of nitrogens with zero attached hydrogens (tertiary/aromatic N) is 1. The number of para-hydroxylation sites is 1. The fraction of sp³-hybridized carbons (Fsp3) is 0.0667. The second kappa shape index (κ2) is 7.55. The van der Waals surface area contributed by atoms with Crippen LogP contribution in [-0.2, 0) is 11.3 Å². The fourth-order valence-electron chi connectivity index (χ4n) is 1.76. The van der Waals surface area contributed by atoms with Gasteiger partial charge in [-0.3, -0.25) is 20.3 Å². The Kier molecular flexibility index (Phi) is 5.24. The summed E-state index contributed by atoms with van der Waals surface area (Å²) in [5, 5.41) is 10.8. The van der Waals surface area contributed by atoms with Crippen molar-refractivity contribution in [3.8, 4) is 0 Å². The van der Waals surface area contributed by atoms with Crippen molar-refractivity contribution in [1.29, 1.82) is 0 Å². The summed E-state index contributed by atoms with van der Waals surface area (Å²) in [6.07, 6.45) is -0.874. The normalized spacial score (nSPS) is 9.74. The molecule has 0 saturated carbocycles. The minimum Gasteiger partial charge on any atom is -0.443 e. The molecule has 0 aliphatic heterocycles. The number of hydrogen-bond donors (Lipinski definition) is 2. The number of nitro benzene ring substituents is 1. The zero-order valence-electron chi connectivity index (χ0n) is 11.9. The first-order chi connectivity index (χ1) is 11.1. The molecule has 0 radical (unpaired) electrons. The Balaban J connectivity index is 1.87. The monoisotopic (exact) mass is 315 g/mol. The number of carbonyl (C=O) groups is 2. The van der Waals surface area contributed by atoms with E-state index in [1.54, 1.807) is 24.3 Å². The van der Waals surface area contributed by atoms with Crippen LogP contribution in [0, 0.1) is 10.1 Å². The van der Waals surface area contributed by atoms with E-state index in [1.165, 1.54) is 24.3 Å². The highest BCUT2D eigenvalue weighted by atomic mass is 16.6. The molecular formula is C15H13N3O5. The highest BCUT2D eigenvalue weighted by Gasteiger charge is 2.19. The number of hydrazine groups is 1. The summed E-state index contributed by atoms with van der Waals surface area (Å²) in [5.74, 6) is -0.811. The average Bonchev–Trinajstić information content (AvgIpc) is 2.58. The topological polar surface area (TPSA) is 111 Å². The predicted molar refractivity (Wildman–Crippen MR) is 80.3 cm³/mol. The van der Waals surface area contributed by atoms with E-state index in [1.807, 2.05) is 11.5 Å². The number of carbonyl (C=O) groups excluding carboxylic acids is 2. The summed E-state index contributed by atoms with van der Waals surface area (Å²) in [5.41, 5.74) is 4.36. The minimum atomic E-state index is -0.874. The van der Waals surface area contributed by atoms with Crippen LogP contribution in [0.1, 0.15) is 15.9 Å². The largest absolute Gasteiger partial charge is 0.443 e. The maximum atomic E-state index is 11.9. The van der Waals surface area contributed by atoms with Crippen molar-refractivity contribution < 1.29 is 19.2 Å². The molecule has 0 aliphatic carbocycles. The Bertz CT molecular complexity index is 718. The quantitative estimate of drug-likeness (QED) is 0.663. The average molecular weight is 315 g/mol. The highest BCUT2D eigenvalue weighted by Crippen LogP contribution is 2.16. The van der Waals surface area contributed by atoms with Gasteiger partial charge in [0.2, 0.25) is 0 Å². The third-order valence-electron chi connectivity index (χ3n) is 2.84. The molecule has 0 bridgehead atoms. The molecule has 2 amide bonds. The molecule has 0 spiro atoms. The predicted octanol–water partition coefficient (Wildman–Crippen LogP) is 2.17. The smallest absolute Gasteiger partial charge is 0.426 e. The van der Waals surface area contributed by atoms with Crippen molar-refractivity contribution in [2.24, 2.45) is 0 Å². The maximum absolute atomic E-state index is 11.9. The molecule has 2 aromatic carbocycles. The maximum Gasteiger partial charge on any atom is 0.426 e. The van der Waals surface area contributed by atoms with E-state index < -0.39 is 16.9 Å².